The summed E-state index contributed by atoms with van der Waals surface area (Å²) in [5.74, 6) is -1.08. The summed E-state index contributed by atoms with van der Waals surface area (Å²) in [6, 6.07) is 7.25. The first-order valence-corrected chi connectivity index (χ1v) is 6.97. The first-order chi connectivity index (χ1) is 9.54. The van der Waals surface area contributed by atoms with E-state index in [0.29, 0.717) is 22.8 Å². The number of amides is 1. The Kier molecular flexibility index (Phi) is 4.47. The van der Waals surface area contributed by atoms with Crippen LogP contribution in [0.5, 0.6) is 0 Å². The van der Waals surface area contributed by atoms with Crippen LogP contribution in [0.1, 0.15) is 28.0 Å². The topological polar surface area (TPSA) is 79.3 Å². The second-order valence-corrected chi connectivity index (χ2v) is 5.22. The Labute approximate surface area is 120 Å². The normalized spacial score (nSPS) is 10.2. The Morgan fingerprint density at radius 1 is 1.30 bits per heavy atom. The zero-order valence-corrected chi connectivity index (χ0v) is 11.7. The number of hydrogen-bond acceptors (Lipinski definition) is 4. The van der Waals surface area contributed by atoms with Crippen LogP contribution in [0.4, 0.5) is 5.13 Å². The number of nitrogens with one attached hydrogen (secondary N) is 1. The number of thiazole rings is 1. The van der Waals surface area contributed by atoms with Crippen LogP contribution in [0.2, 0.25) is 0 Å². The molecule has 0 radical (unpaired) electrons. The summed E-state index contributed by atoms with van der Waals surface area (Å²) in [6.45, 7) is 1.96. The highest BCUT2D eigenvalue weighted by atomic mass is 32.1. The van der Waals surface area contributed by atoms with Crippen LogP contribution in [-0.2, 0) is 11.2 Å². The van der Waals surface area contributed by atoms with Gasteiger partial charge in [-0.15, -0.1) is 11.3 Å². The summed E-state index contributed by atoms with van der Waals surface area (Å²) < 4.78 is 0. The van der Waals surface area contributed by atoms with Crippen LogP contribution >= 0.6 is 11.3 Å². The number of aliphatic carboxylic acids is 1. The zero-order valence-electron chi connectivity index (χ0n) is 10.9. The molecule has 1 aromatic heterocycles. The molecule has 5 nitrogen and oxygen atoms in total. The third kappa shape index (κ3) is 3.89. The maximum Gasteiger partial charge on any atom is 0.303 e. The van der Waals surface area contributed by atoms with Crippen molar-refractivity contribution < 1.29 is 14.7 Å². The molecule has 0 aliphatic rings. The molecule has 2 rings (SSSR count). The molecular formula is C14H14N2O3S. The van der Waals surface area contributed by atoms with Gasteiger partial charge in [-0.3, -0.25) is 14.9 Å². The lowest BCUT2D eigenvalue weighted by atomic mass is 10.1. The van der Waals surface area contributed by atoms with E-state index in [1.807, 2.05) is 19.1 Å². The van der Waals surface area contributed by atoms with Crippen LogP contribution in [0, 0.1) is 6.92 Å². The molecule has 0 spiro atoms. The second kappa shape index (κ2) is 6.29. The standard InChI is InChI=1S/C14H14N2O3S/c1-9-2-4-10(5-3-9)13(19)16-14-15-11(8-20-14)6-7-12(17)18/h2-5,8H,6-7H2,1H3,(H,17,18)(H,15,16,19). The Morgan fingerprint density at radius 2 is 2.00 bits per heavy atom. The van der Waals surface area contributed by atoms with E-state index in [2.05, 4.69) is 10.3 Å². The molecular weight excluding hydrogens is 276 g/mol. The summed E-state index contributed by atoms with van der Waals surface area (Å²) in [6.07, 6.45) is 0.404. The molecule has 0 atom stereocenters. The van der Waals surface area contributed by atoms with Crippen LogP contribution in [0.3, 0.4) is 0 Å². The Morgan fingerprint density at radius 3 is 2.65 bits per heavy atom. The van der Waals surface area contributed by atoms with Gasteiger partial charge in [-0.1, -0.05) is 17.7 Å². The molecule has 6 heteroatoms. The van der Waals surface area contributed by atoms with Gasteiger partial charge in [0.05, 0.1) is 12.1 Å². The maximum atomic E-state index is 12.0. The lowest BCUT2D eigenvalue weighted by Gasteiger charge is -2.01. The molecule has 0 saturated carbocycles. The lowest BCUT2D eigenvalue weighted by Crippen LogP contribution is -2.11. The summed E-state index contributed by atoms with van der Waals surface area (Å²) >= 11 is 1.29. The Hall–Kier alpha value is -2.21. The van der Waals surface area contributed by atoms with Crippen molar-refractivity contribution in [2.45, 2.75) is 19.8 Å². The number of aromatic nitrogens is 1. The molecule has 0 bridgehead atoms. The molecule has 2 aromatic rings. The van der Waals surface area contributed by atoms with E-state index in [4.69, 9.17) is 5.11 Å². The van der Waals surface area contributed by atoms with Crippen molar-refractivity contribution in [3.8, 4) is 0 Å². The van der Waals surface area contributed by atoms with Crippen molar-refractivity contribution in [2.75, 3.05) is 5.32 Å². The minimum atomic E-state index is -0.858. The first-order valence-electron chi connectivity index (χ1n) is 6.09. The highest BCUT2D eigenvalue weighted by molar-refractivity contribution is 7.13. The molecule has 0 aliphatic carbocycles. The van der Waals surface area contributed by atoms with E-state index in [1.165, 1.54) is 11.3 Å². The van der Waals surface area contributed by atoms with Crippen LogP contribution in [-0.4, -0.2) is 22.0 Å². The van der Waals surface area contributed by atoms with Crippen molar-refractivity contribution in [3.63, 3.8) is 0 Å². The van der Waals surface area contributed by atoms with E-state index in [9.17, 15) is 9.59 Å². The summed E-state index contributed by atoms with van der Waals surface area (Å²) in [5, 5.41) is 13.6. The minimum Gasteiger partial charge on any atom is -0.481 e. The fourth-order valence-electron chi connectivity index (χ4n) is 1.59. The summed E-state index contributed by atoms with van der Waals surface area (Å²) in [4.78, 5) is 26.6. The van der Waals surface area contributed by atoms with Gasteiger partial charge in [-0.05, 0) is 19.1 Å². The second-order valence-electron chi connectivity index (χ2n) is 4.36. The van der Waals surface area contributed by atoms with Gasteiger partial charge in [-0.2, -0.15) is 0 Å². The molecule has 2 N–H and O–H groups in total. The van der Waals surface area contributed by atoms with Gasteiger partial charge in [-0.25, -0.2) is 4.98 Å². The molecule has 0 aliphatic heterocycles. The van der Waals surface area contributed by atoms with Crippen molar-refractivity contribution >= 4 is 28.3 Å². The van der Waals surface area contributed by atoms with E-state index in [1.54, 1.807) is 17.5 Å². The number of benzene rings is 1. The molecule has 104 valence electrons. The molecule has 1 aromatic carbocycles. The largest absolute Gasteiger partial charge is 0.481 e. The highest BCUT2D eigenvalue weighted by Crippen LogP contribution is 2.17. The van der Waals surface area contributed by atoms with Crippen LogP contribution in [0.25, 0.3) is 0 Å². The smallest absolute Gasteiger partial charge is 0.303 e. The predicted molar refractivity (Wildman–Crippen MR) is 77.2 cm³/mol. The van der Waals surface area contributed by atoms with Gasteiger partial charge in [0.1, 0.15) is 0 Å². The monoisotopic (exact) mass is 290 g/mol. The average Bonchev–Trinajstić information content (AvgIpc) is 2.84. The van der Waals surface area contributed by atoms with Crippen molar-refractivity contribution in [1.82, 2.24) is 4.98 Å². The Bertz CT molecular complexity index is 620. The number of rotatable bonds is 5. The van der Waals surface area contributed by atoms with E-state index in [0.717, 1.165) is 5.56 Å². The first kappa shape index (κ1) is 14.2. The number of hydrogen-bond donors (Lipinski definition) is 2. The predicted octanol–water partition coefficient (Wildman–Crippen LogP) is 2.72. The lowest BCUT2D eigenvalue weighted by molar-refractivity contribution is -0.136. The number of aryl methyl sites for hydroxylation is 2. The summed E-state index contributed by atoms with van der Waals surface area (Å²) in [7, 11) is 0. The fourth-order valence-corrected chi connectivity index (χ4v) is 2.33. The number of carboxylic acid groups (broad SMARTS) is 1. The number of carboxylic acids is 1. The van der Waals surface area contributed by atoms with Crippen LogP contribution in [0.15, 0.2) is 29.6 Å². The highest BCUT2D eigenvalue weighted by Gasteiger charge is 2.09. The van der Waals surface area contributed by atoms with Gasteiger partial charge >= 0.3 is 5.97 Å². The van der Waals surface area contributed by atoms with Gasteiger partial charge in [0.2, 0.25) is 0 Å². The van der Waals surface area contributed by atoms with Gasteiger partial charge in [0, 0.05) is 17.4 Å². The quantitative estimate of drug-likeness (QED) is 0.887. The SMILES string of the molecule is Cc1ccc(C(=O)Nc2nc(CCC(=O)O)cs2)cc1. The molecule has 0 fully saturated rings. The molecule has 1 heterocycles. The number of anilines is 1. The van der Waals surface area contributed by atoms with Gasteiger partial charge in [0.25, 0.3) is 5.91 Å². The maximum absolute atomic E-state index is 12.0. The van der Waals surface area contributed by atoms with E-state index < -0.39 is 5.97 Å². The molecule has 0 saturated heterocycles. The fraction of sp³-hybridized carbons (Fsp3) is 0.214. The van der Waals surface area contributed by atoms with E-state index in [-0.39, 0.29) is 12.3 Å². The minimum absolute atomic E-state index is 0.0368. The van der Waals surface area contributed by atoms with Crippen molar-refractivity contribution in [1.29, 1.82) is 0 Å². The molecule has 1 amide bonds. The van der Waals surface area contributed by atoms with Gasteiger partial charge < -0.3 is 5.11 Å². The third-order valence-corrected chi connectivity index (χ3v) is 3.49. The van der Waals surface area contributed by atoms with Crippen molar-refractivity contribution in [2.24, 2.45) is 0 Å². The third-order valence-electron chi connectivity index (χ3n) is 2.68. The number of nitrogens with zero attached hydrogens (tertiary/aromatic N) is 1. The van der Waals surface area contributed by atoms with Crippen molar-refractivity contribution in [3.05, 3.63) is 46.5 Å². The van der Waals surface area contributed by atoms with Crippen LogP contribution < -0.4 is 5.32 Å². The number of carbonyl (C=O) groups is 2. The Balaban J connectivity index is 1.97. The molecule has 0 unspecified atom stereocenters. The number of carbonyl (C=O) groups excluding carboxylic acids is 1. The zero-order chi connectivity index (χ0) is 14.5. The average molecular weight is 290 g/mol. The van der Waals surface area contributed by atoms with Gasteiger partial charge in [0.15, 0.2) is 5.13 Å². The molecule has 20 heavy (non-hydrogen) atoms. The van der Waals surface area contributed by atoms with E-state index >= 15 is 0 Å². The summed E-state index contributed by atoms with van der Waals surface area (Å²) in [5.41, 5.74) is 2.33.